The highest BCUT2D eigenvalue weighted by atomic mass is 35.5. The van der Waals surface area contributed by atoms with E-state index in [4.69, 9.17) is 27.9 Å². The van der Waals surface area contributed by atoms with Gasteiger partial charge in [-0.2, -0.15) is 0 Å². The Morgan fingerprint density at radius 3 is 2.33 bits per heavy atom. The summed E-state index contributed by atoms with van der Waals surface area (Å²) in [4.78, 5) is 24.9. The van der Waals surface area contributed by atoms with Crippen molar-refractivity contribution < 1.29 is 14.3 Å². The zero-order valence-electron chi connectivity index (χ0n) is 15.6. The molecule has 2 N–H and O–H groups in total. The van der Waals surface area contributed by atoms with Crippen LogP contribution in [0.5, 0.6) is 5.75 Å². The summed E-state index contributed by atoms with van der Waals surface area (Å²) < 4.78 is 5.73. The molecule has 3 aromatic carbocycles. The number of hydrogen-bond donors (Lipinski definition) is 2. The van der Waals surface area contributed by atoms with Gasteiger partial charge in [0.2, 0.25) is 0 Å². The number of carbonyl (C=O) groups excluding carboxylic acids is 2. The van der Waals surface area contributed by atoms with Crippen LogP contribution in [-0.2, 0) is 11.3 Å². The zero-order valence-corrected chi connectivity index (χ0v) is 17.1. The van der Waals surface area contributed by atoms with Crippen LogP contribution >= 0.6 is 23.2 Å². The summed E-state index contributed by atoms with van der Waals surface area (Å²) in [5, 5.41) is 6.85. The predicted octanol–water partition coefficient (Wildman–Crippen LogP) is 5.30. The summed E-state index contributed by atoms with van der Waals surface area (Å²) >= 11 is 11.8. The first-order valence-corrected chi connectivity index (χ1v) is 9.87. The molecule has 1 aliphatic heterocycles. The minimum atomic E-state index is -0.392. The lowest BCUT2D eigenvalue weighted by molar-refractivity contribution is -0.115. The van der Waals surface area contributed by atoms with Crippen molar-refractivity contribution >= 4 is 46.8 Å². The molecule has 7 heteroatoms. The van der Waals surface area contributed by atoms with Crippen LogP contribution in [0.4, 0.5) is 5.69 Å². The van der Waals surface area contributed by atoms with E-state index in [0.717, 1.165) is 11.1 Å². The molecule has 4 rings (SSSR count). The van der Waals surface area contributed by atoms with Crippen molar-refractivity contribution in [2.24, 2.45) is 0 Å². The largest absolute Gasteiger partial charge is 0.449 e. The first-order chi connectivity index (χ1) is 14.5. The van der Waals surface area contributed by atoms with E-state index in [2.05, 4.69) is 10.6 Å². The van der Waals surface area contributed by atoms with E-state index in [1.807, 2.05) is 12.1 Å². The molecule has 0 unspecified atom stereocenters. The van der Waals surface area contributed by atoms with Crippen molar-refractivity contribution in [2.45, 2.75) is 6.54 Å². The highest BCUT2D eigenvalue weighted by Gasteiger charge is 2.23. The Balaban J connectivity index is 1.47. The van der Waals surface area contributed by atoms with Crippen LogP contribution in [0, 0.1) is 0 Å². The van der Waals surface area contributed by atoms with Crippen LogP contribution in [0.25, 0.3) is 6.08 Å². The molecular formula is C23H16Cl2N2O3. The second-order valence-corrected chi connectivity index (χ2v) is 7.51. The Labute approximate surface area is 183 Å². The lowest BCUT2D eigenvalue weighted by Crippen LogP contribution is -2.25. The number of hydrogen-bond acceptors (Lipinski definition) is 3. The summed E-state index contributed by atoms with van der Waals surface area (Å²) in [5.41, 5.74) is 2.56. The molecule has 0 fully saturated rings. The van der Waals surface area contributed by atoms with Gasteiger partial charge in [-0.1, -0.05) is 47.5 Å². The average Bonchev–Trinajstić information content (AvgIpc) is 2.75. The van der Waals surface area contributed by atoms with Gasteiger partial charge in [-0.3, -0.25) is 9.59 Å². The van der Waals surface area contributed by atoms with Crippen LogP contribution in [-0.4, -0.2) is 11.8 Å². The zero-order chi connectivity index (χ0) is 21.1. The van der Waals surface area contributed by atoms with Gasteiger partial charge in [0.25, 0.3) is 11.8 Å². The second kappa shape index (κ2) is 8.61. The lowest BCUT2D eigenvalue weighted by Gasteiger charge is -2.20. The van der Waals surface area contributed by atoms with E-state index in [1.165, 1.54) is 0 Å². The summed E-state index contributed by atoms with van der Waals surface area (Å²) in [7, 11) is 0. The third-order valence-electron chi connectivity index (χ3n) is 4.47. The fourth-order valence-electron chi connectivity index (χ4n) is 2.90. The van der Waals surface area contributed by atoms with E-state index >= 15 is 0 Å². The molecule has 0 radical (unpaired) electrons. The second-order valence-electron chi connectivity index (χ2n) is 6.64. The van der Waals surface area contributed by atoms with E-state index in [1.54, 1.807) is 60.7 Å². The fourth-order valence-corrected chi connectivity index (χ4v) is 3.15. The number of fused-ring (bicyclic) bond motifs is 1. The van der Waals surface area contributed by atoms with Gasteiger partial charge in [0, 0.05) is 22.2 Å². The Kier molecular flexibility index (Phi) is 5.74. The molecule has 1 heterocycles. The maximum atomic E-state index is 12.5. The SMILES string of the molecule is O=C1Nc2cc(C(=O)NCc3ccc(Cl)cc3)ccc2O/C1=C\c1ccc(Cl)cc1. The third-order valence-corrected chi connectivity index (χ3v) is 4.97. The number of ether oxygens (including phenoxy) is 1. The molecule has 0 saturated heterocycles. The van der Waals surface area contributed by atoms with Gasteiger partial charge in [0.05, 0.1) is 5.69 Å². The van der Waals surface area contributed by atoms with E-state index in [9.17, 15) is 9.59 Å². The highest BCUT2D eigenvalue weighted by molar-refractivity contribution is 6.30. The lowest BCUT2D eigenvalue weighted by atomic mass is 10.1. The van der Waals surface area contributed by atoms with Crippen LogP contribution in [0.2, 0.25) is 10.0 Å². The van der Waals surface area contributed by atoms with E-state index in [0.29, 0.717) is 33.6 Å². The van der Waals surface area contributed by atoms with Crippen molar-refractivity contribution in [3.8, 4) is 5.75 Å². The molecule has 0 aliphatic carbocycles. The summed E-state index contributed by atoms with van der Waals surface area (Å²) in [6.07, 6.45) is 1.63. The smallest absolute Gasteiger partial charge is 0.291 e. The van der Waals surface area contributed by atoms with Crippen LogP contribution in [0.3, 0.4) is 0 Å². The van der Waals surface area contributed by atoms with Gasteiger partial charge < -0.3 is 15.4 Å². The molecule has 0 bridgehead atoms. The average molecular weight is 439 g/mol. The molecule has 0 aromatic heterocycles. The minimum absolute atomic E-state index is 0.157. The van der Waals surface area contributed by atoms with Gasteiger partial charge in [-0.25, -0.2) is 0 Å². The van der Waals surface area contributed by atoms with Crippen molar-refractivity contribution in [1.29, 1.82) is 0 Å². The Bertz CT molecular complexity index is 1140. The highest BCUT2D eigenvalue weighted by Crippen LogP contribution is 2.32. The van der Waals surface area contributed by atoms with Gasteiger partial charge in [0.1, 0.15) is 0 Å². The quantitative estimate of drug-likeness (QED) is 0.543. The van der Waals surface area contributed by atoms with Crippen molar-refractivity contribution in [3.63, 3.8) is 0 Å². The number of halogens is 2. The summed E-state index contributed by atoms with van der Waals surface area (Å²) in [5.74, 6) is -0.0329. The Morgan fingerprint density at radius 1 is 0.967 bits per heavy atom. The van der Waals surface area contributed by atoms with Crippen molar-refractivity contribution in [3.05, 3.63) is 99.2 Å². The molecular weight excluding hydrogens is 423 g/mol. The minimum Gasteiger partial charge on any atom is -0.449 e. The van der Waals surface area contributed by atoms with Crippen molar-refractivity contribution in [2.75, 3.05) is 5.32 Å². The van der Waals surface area contributed by atoms with Crippen LogP contribution in [0.15, 0.2) is 72.5 Å². The standard InChI is InChI=1S/C23H16Cl2N2O3/c24-17-6-1-14(2-7-17)11-21-23(29)27-19-12-16(5-10-20(19)30-21)22(28)26-13-15-3-8-18(25)9-4-15/h1-12H,13H2,(H,26,28)(H,27,29)/b21-11-. The van der Waals surface area contributed by atoms with Gasteiger partial charge in [-0.15, -0.1) is 0 Å². The molecule has 0 spiro atoms. The van der Waals surface area contributed by atoms with Crippen LogP contribution < -0.4 is 15.4 Å². The molecule has 5 nitrogen and oxygen atoms in total. The molecule has 150 valence electrons. The number of rotatable bonds is 4. The number of anilines is 1. The monoisotopic (exact) mass is 438 g/mol. The fraction of sp³-hybridized carbons (Fsp3) is 0.0435. The molecule has 30 heavy (non-hydrogen) atoms. The topological polar surface area (TPSA) is 67.4 Å². The Hall–Kier alpha value is -3.28. The van der Waals surface area contributed by atoms with Gasteiger partial charge in [-0.05, 0) is 59.7 Å². The van der Waals surface area contributed by atoms with E-state index in [-0.39, 0.29) is 11.7 Å². The molecule has 3 aromatic rings. The number of carbonyl (C=O) groups is 2. The van der Waals surface area contributed by atoms with E-state index < -0.39 is 5.91 Å². The van der Waals surface area contributed by atoms with Gasteiger partial charge >= 0.3 is 0 Å². The van der Waals surface area contributed by atoms with Crippen molar-refractivity contribution in [1.82, 2.24) is 5.32 Å². The van der Waals surface area contributed by atoms with Crippen LogP contribution in [0.1, 0.15) is 21.5 Å². The third kappa shape index (κ3) is 4.64. The maximum Gasteiger partial charge on any atom is 0.291 e. The normalized spacial score (nSPS) is 13.9. The summed E-state index contributed by atoms with van der Waals surface area (Å²) in [6, 6.07) is 19.2. The maximum absolute atomic E-state index is 12.5. The first kappa shape index (κ1) is 20.0. The number of nitrogens with one attached hydrogen (secondary N) is 2. The van der Waals surface area contributed by atoms with Gasteiger partial charge in [0.15, 0.2) is 11.5 Å². The molecule has 1 aliphatic rings. The predicted molar refractivity (Wildman–Crippen MR) is 118 cm³/mol. The molecule has 0 atom stereocenters. The molecule has 2 amide bonds. The Morgan fingerprint density at radius 2 is 1.63 bits per heavy atom. The number of amides is 2. The molecule has 0 saturated carbocycles. The number of benzene rings is 3. The first-order valence-electron chi connectivity index (χ1n) is 9.11. The summed E-state index contributed by atoms with van der Waals surface area (Å²) in [6.45, 7) is 0.365.